The van der Waals surface area contributed by atoms with Crippen molar-refractivity contribution in [3.05, 3.63) is 24.7 Å². The smallest absolute Gasteiger partial charge is 0.229 e. The summed E-state index contributed by atoms with van der Waals surface area (Å²) in [5, 5.41) is 21.8. The van der Waals surface area contributed by atoms with E-state index < -0.39 is 0 Å². The van der Waals surface area contributed by atoms with Crippen LogP contribution in [0.4, 0.5) is 17.5 Å². The van der Waals surface area contributed by atoms with E-state index >= 15 is 0 Å². The highest BCUT2D eigenvalue weighted by Crippen LogP contribution is 2.38. The van der Waals surface area contributed by atoms with Crippen molar-refractivity contribution >= 4 is 28.5 Å². The Bertz CT molecular complexity index is 1250. The molecule has 4 fully saturated rings. The minimum Gasteiger partial charge on any atom is -0.393 e. The summed E-state index contributed by atoms with van der Waals surface area (Å²) in [5.41, 5.74) is 2.83. The fourth-order valence-corrected chi connectivity index (χ4v) is 6.72. The second kappa shape index (κ2) is 11.0. The van der Waals surface area contributed by atoms with Crippen molar-refractivity contribution in [1.29, 1.82) is 0 Å². The lowest BCUT2D eigenvalue weighted by Crippen LogP contribution is -2.46. The second-order valence-corrected chi connectivity index (χ2v) is 11.6. The first-order valence-electron chi connectivity index (χ1n) is 14.7. The molecule has 3 aromatic heterocycles. The van der Waals surface area contributed by atoms with Crippen molar-refractivity contribution in [2.75, 3.05) is 50.2 Å². The maximum atomic E-state index is 9.96. The molecule has 2 saturated carbocycles. The molecule has 11 heteroatoms. The van der Waals surface area contributed by atoms with Crippen LogP contribution < -0.4 is 10.6 Å². The number of rotatable bonds is 7. The second-order valence-electron chi connectivity index (χ2n) is 11.6. The zero-order valence-electron chi connectivity index (χ0n) is 22.5. The molecule has 0 atom stereocenters. The molecule has 7 rings (SSSR count). The fraction of sp³-hybridized carbons (Fsp3) is 0.679. The van der Waals surface area contributed by atoms with Gasteiger partial charge in [0.2, 0.25) is 5.95 Å². The molecule has 3 N–H and O–H groups in total. The van der Waals surface area contributed by atoms with Crippen LogP contribution in [0.5, 0.6) is 0 Å². The van der Waals surface area contributed by atoms with Gasteiger partial charge in [-0.25, -0.2) is 4.98 Å². The summed E-state index contributed by atoms with van der Waals surface area (Å²) in [6.45, 7) is 5.38. The standard InChI is InChI=1S/C28H40N8O3/c37-24-15-23(16-24)35-8-5-25-26(35)27(30-19-1-3-21(4-2-19)34-9-13-39-14-10-34)33-28(32-25)31-20-17-29-36(18-20)22-6-11-38-12-7-22/h5,8,17-19,21-24,37H,1-4,6-7,9-16H2,(H2,30,31,32,33)/t19-,21-,23?,24?. The minimum atomic E-state index is -0.214. The van der Waals surface area contributed by atoms with Gasteiger partial charge < -0.3 is 29.8 Å². The van der Waals surface area contributed by atoms with Crippen molar-refractivity contribution in [3.63, 3.8) is 0 Å². The molecular formula is C28H40N8O3. The maximum Gasteiger partial charge on any atom is 0.229 e. The van der Waals surface area contributed by atoms with Crippen LogP contribution in [-0.2, 0) is 9.47 Å². The highest BCUT2D eigenvalue weighted by molar-refractivity contribution is 5.88. The summed E-state index contributed by atoms with van der Waals surface area (Å²) >= 11 is 0. The van der Waals surface area contributed by atoms with Crippen molar-refractivity contribution in [1.82, 2.24) is 29.2 Å². The maximum absolute atomic E-state index is 9.96. The monoisotopic (exact) mass is 536 g/mol. The molecular weight excluding hydrogens is 496 g/mol. The normalized spacial score (nSPS) is 28.8. The summed E-state index contributed by atoms with van der Waals surface area (Å²) in [4.78, 5) is 12.5. The molecule has 0 amide bonds. The van der Waals surface area contributed by atoms with Crippen LogP contribution in [0.1, 0.15) is 63.5 Å². The number of aliphatic hydroxyl groups is 1. The highest BCUT2D eigenvalue weighted by atomic mass is 16.5. The molecule has 210 valence electrons. The molecule has 5 heterocycles. The summed E-state index contributed by atoms with van der Waals surface area (Å²) in [5.74, 6) is 1.45. The molecule has 2 aliphatic carbocycles. The Hall–Kier alpha value is -2.73. The lowest BCUT2D eigenvalue weighted by atomic mass is 9.89. The Morgan fingerprint density at radius 3 is 2.41 bits per heavy atom. The third kappa shape index (κ3) is 5.37. The van der Waals surface area contributed by atoms with Crippen LogP contribution in [0.15, 0.2) is 24.7 Å². The van der Waals surface area contributed by atoms with Gasteiger partial charge in [0.15, 0.2) is 5.82 Å². The van der Waals surface area contributed by atoms with Crippen molar-refractivity contribution in [2.24, 2.45) is 0 Å². The van der Waals surface area contributed by atoms with E-state index in [0.717, 1.165) is 101 Å². The summed E-state index contributed by atoms with van der Waals surface area (Å²) in [6.07, 6.45) is 13.9. The molecule has 3 aromatic rings. The molecule has 0 aromatic carbocycles. The van der Waals surface area contributed by atoms with Gasteiger partial charge >= 0.3 is 0 Å². The van der Waals surface area contributed by atoms with Crippen molar-refractivity contribution in [3.8, 4) is 0 Å². The first-order chi connectivity index (χ1) is 19.2. The predicted molar refractivity (Wildman–Crippen MR) is 148 cm³/mol. The third-order valence-corrected chi connectivity index (χ3v) is 9.07. The van der Waals surface area contributed by atoms with E-state index in [1.807, 2.05) is 17.1 Å². The van der Waals surface area contributed by atoms with Gasteiger partial charge in [-0.3, -0.25) is 9.58 Å². The summed E-state index contributed by atoms with van der Waals surface area (Å²) < 4.78 is 15.4. The minimum absolute atomic E-state index is 0.214. The lowest BCUT2D eigenvalue weighted by molar-refractivity contribution is 0.00790. The number of fused-ring (bicyclic) bond motifs is 1. The first-order valence-corrected chi connectivity index (χ1v) is 14.7. The van der Waals surface area contributed by atoms with Crippen LogP contribution in [0.2, 0.25) is 0 Å². The lowest BCUT2D eigenvalue weighted by Gasteiger charge is -2.39. The number of morpholine rings is 1. The quantitative estimate of drug-likeness (QED) is 0.418. The van der Waals surface area contributed by atoms with Gasteiger partial charge in [-0.05, 0) is 57.4 Å². The Labute approximate surface area is 228 Å². The van der Waals surface area contributed by atoms with Crippen molar-refractivity contribution < 1.29 is 14.6 Å². The van der Waals surface area contributed by atoms with Crippen LogP contribution >= 0.6 is 0 Å². The number of anilines is 3. The average Bonchev–Trinajstić information content (AvgIpc) is 3.60. The number of aromatic nitrogens is 5. The van der Waals surface area contributed by atoms with E-state index in [1.54, 1.807) is 0 Å². The van der Waals surface area contributed by atoms with Gasteiger partial charge in [0.1, 0.15) is 5.52 Å². The molecule has 2 saturated heterocycles. The molecule has 2 aliphatic heterocycles. The SMILES string of the molecule is OC1CC(n2ccc3nc(Nc4cnn(C5CCOCC5)c4)nc(N[C@H]4CC[C@H](N5CCOCC5)CC4)c32)C1. The Balaban J connectivity index is 1.11. The largest absolute Gasteiger partial charge is 0.393 e. The number of aliphatic hydroxyl groups excluding tert-OH is 1. The van der Waals surface area contributed by atoms with E-state index in [2.05, 4.69) is 37.5 Å². The average molecular weight is 537 g/mol. The van der Waals surface area contributed by atoms with Gasteiger partial charge in [-0.1, -0.05) is 0 Å². The van der Waals surface area contributed by atoms with Gasteiger partial charge in [0.05, 0.1) is 42.8 Å². The van der Waals surface area contributed by atoms with Gasteiger partial charge in [0.25, 0.3) is 0 Å². The van der Waals surface area contributed by atoms with Gasteiger partial charge in [-0.15, -0.1) is 0 Å². The topological polar surface area (TPSA) is 115 Å². The Morgan fingerprint density at radius 1 is 0.872 bits per heavy atom. The Morgan fingerprint density at radius 2 is 1.64 bits per heavy atom. The first kappa shape index (κ1) is 25.3. The van der Waals surface area contributed by atoms with Gasteiger partial charge in [-0.2, -0.15) is 10.1 Å². The molecule has 0 spiro atoms. The molecule has 11 nitrogen and oxygen atoms in total. The number of nitrogens with zero attached hydrogens (tertiary/aromatic N) is 6. The van der Waals surface area contributed by atoms with E-state index in [0.29, 0.717) is 24.1 Å². The number of ether oxygens (including phenoxy) is 2. The van der Waals surface area contributed by atoms with E-state index in [4.69, 9.17) is 19.4 Å². The van der Waals surface area contributed by atoms with E-state index in [1.165, 1.54) is 12.8 Å². The van der Waals surface area contributed by atoms with Crippen LogP contribution in [-0.4, -0.2) is 92.0 Å². The third-order valence-electron chi connectivity index (χ3n) is 9.07. The molecule has 0 bridgehead atoms. The molecule has 4 aliphatic rings. The Kier molecular flexibility index (Phi) is 7.14. The van der Waals surface area contributed by atoms with Crippen molar-refractivity contribution in [2.45, 2.75) is 81.6 Å². The summed E-state index contributed by atoms with van der Waals surface area (Å²) in [6, 6.07) is 3.75. The van der Waals surface area contributed by atoms with E-state index in [-0.39, 0.29) is 12.1 Å². The zero-order valence-corrected chi connectivity index (χ0v) is 22.5. The predicted octanol–water partition coefficient (Wildman–Crippen LogP) is 3.47. The van der Waals surface area contributed by atoms with Crippen LogP contribution in [0, 0.1) is 0 Å². The summed E-state index contributed by atoms with van der Waals surface area (Å²) in [7, 11) is 0. The van der Waals surface area contributed by atoms with Crippen LogP contribution in [0.25, 0.3) is 11.0 Å². The molecule has 0 radical (unpaired) electrons. The fourth-order valence-electron chi connectivity index (χ4n) is 6.72. The highest BCUT2D eigenvalue weighted by Gasteiger charge is 2.32. The number of nitrogens with one attached hydrogen (secondary N) is 2. The number of hydrogen-bond donors (Lipinski definition) is 3. The van der Waals surface area contributed by atoms with Gasteiger partial charge in [0, 0.05) is 56.8 Å². The van der Waals surface area contributed by atoms with E-state index in [9.17, 15) is 5.11 Å². The van der Waals surface area contributed by atoms with Crippen LogP contribution in [0.3, 0.4) is 0 Å². The molecule has 39 heavy (non-hydrogen) atoms. The number of hydrogen-bond acceptors (Lipinski definition) is 9. The molecule has 0 unspecified atom stereocenters. The zero-order chi connectivity index (χ0) is 26.2.